The zero-order valence-electron chi connectivity index (χ0n) is 49.6. The van der Waals surface area contributed by atoms with E-state index in [4.69, 9.17) is 0 Å². The van der Waals surface area contributed by atoms with Gasteiger partial charge in [0.15, 0.2) is 0 Å². The van der Waals surface area contributed by atoms with Gasteiger partial charge >= 0.3 is 7.12 Å². The summed E-state index contributed by atoms with van der Waals surface area (Å²) in [6, 6.07) is 115. The molecule has 0 fully saturated rings. The van der Waals surface area contributed by atoms with Crippen LogP contribution in [0.4, 0.5) is 34.1 Å². The summed E-state index contributed by atoms with van der Waals surface area (Å²) in [4.78, 5) is 4.55. The number of hydrogen-bond donors (Lipinski definition) is 2. The molecule has 2 N–H and O–H groups in total. The summed E-state index contributed by atoms with van der Waals surface area (Å²) in [6.45, 7) is 0. The Bertz CT molecular complexity index is 5020. The molecule has 0 aliphatic heterocycles. The second kappa shape index (κ2) is 28.4. The Balaban J connectivity index is 0.000000143. The molecule has 0 aliphatic rings. The average Bonchev–Trinajstić information content (AvgIpc) is 0.845. The molecule has 444 valence electrons. The molecule has 16 aromatic rings. The number of para-hydroxylation sites is 4. The van der Waals surface area contributed by atoms with E-state index in [0.717, 1.165) is 54.8 Å². The van der Waals surface area contributed by atoms with Crippen LogP contribution in [0.25, 0.3) is 100 Å². The van der Waals surface area contributed by atoms with Crippen LogP contribution in [0, 0.1) is 0 Å². The van der Waals surface area contributed by atoms with E-state index in [9.17, 15) is 10.0 Å². The van der Waals surface area contributed by atoms with Gasteiger partial charge in [0, 0.05) is 38.6 Å². The Morgan fingerprint density at radius 3 is 0.946 bits per heavy atom. The lowest BCUT2D eigenvalue weighted by molar-refractivity contribution is -0.0000194. The normalized spacial score (nSPS) is 11.2. The standard InChI is InChI=1S/C42H29N.C26H20BrN.C16H11BO2.CH4.HI/c1-3-10-36(11-4-1)43(37-12-5-2-6-13-37)38-26-18-31(19-27-38)15-14-30-16-20-32(21-17-30)39-28-24-35-23-22-33-8-7-9-34-25-29-40(39)42(35)41(33)34;27-23-17-13-21(14-18-23)11-12-22-15-19-26(20-16-22)28(24-7-3-1-4-8-24)25-9-5-2-6-10-25;18-17(19)14-9-7-12-5-4-10-2-1-3-11-6-8-13(14)16(12)15(10)11;;/h1-29H;1-20H;1-9,18-19H;1H4;1H/p-1/b15-14+;12-11+;;;. The topological polar surface area (TPSA) is 46.9 Å². The first-order valence-corrected chi connectivity index (χ1v) is 31.1. The molecule has 0 aromatic heterocycles. The zero-order valence-corrected chi connectivity index (χ0v) is 53.4. The van der Waals surface area contributed by atoms with Crippen LogP contribution in [0.15, 0.2) is 332 Å². The average molecular weight is 1360 g/mol. The first-order chi connectivity index (χ1) is 44.4. The highest BCUT2D eigenvalue weighted by Crippen LogP contribution is 2.41. The quantitative estimate of drug-likeness (QED) is 0.0554. The van der Waals surface area contributed by atoms with Crippen molar-refractivity contribution in [3.8, 4) is 11.1 Å². The maximum absolute atomic E-state index is 9.51. The predicted octanol–water partition coefficient (Wildman–Crippen LogP) is 19.9. The van der Waals surface area contributed by atoms with Gasteiger partial charge in [-0.25, -0.2) is 0 Å². The third-order valence-corrected chi connectivity index (χ3v) is 17.3. The van der Waals surface area contributed by atoms with Crippen LogP contribution in [0.5, 0.6) is 0 Å². The van der Waals surface area contributed by atoms with E-state index in [2.05, 4.69) is 335 Å². The molecule has 92 heavy (non-hydrogen) atoms. The third-order valence-electron chi connectivity index (χ3n) is 16.8. The lowest BCUT2D eigenvalue weighted by Gasteiger charge is -2.25. The van der Waals surface area contributed by atoms with Crippen molar-refractivity contribution in [2.75, 3.05) is 9.80 Å². The maximum atomic E-state index is 9.51. The number of rotatable bonds is 12. The van der Waals surface area contributed by atoms with Gasteiger partial charge in [-0.2, -0.15) is 0 Å². The van der Waals surface area contributed by atoms with E-state index in [-0.39, 0.29) is 31.4 Å². The fourth-order valence-corrected chi connectivity index (χ4v) is 12.6. The number of benzene rings is 16. The molecule has 0 heterocycles. The molecular weight excluding hydrogens is 1300 g/mol. The van der Waals surface area contributed by atoms with Gasteiger partial charge in [0.05, 0.1) is 0 Å². The molecule has 0 saturated carbocycles. The minimum absolute atomic E-state index is 0. The Hall–Kier alpha value is -10.1. The van der Waals surface area contributed by atoms with Crippen molar-refractivity contribution < 1.29 is 34.0 Å². The number of anilines is 6. The van der Waals surface area contributed by atoms with Crippen LogP contribution < -0.4 is 39.2 Å². The van der Waals surface area contributed by atoms with Gasteiger partial charge in [-0.15, -0.1) is 0 Å². The Morgan fingerprint density at radius 1 is 0.272 bits per heavy atom. The number of halogens is 2. The molecular formula is C85H64BBrIN2O2-. The molecule has 0 bridgehead atoms. The Labute approximate surface area is 563 Å². The van der Waals surface area contributed by atoms with Crippen LogP contribution in [-0.4, -0.2) is 17.2 Å². The van der Waals surface area contributed by atoms with E-state index >= 15 is 0 Å². The molecule has 0 radical (unpaired) electrons. The maximum Gasteiger partial charge on any atom is 0.489 e. The minimum Gasteiger partial charge on any atom is -1.00 e. The lowest BCUT2D eigenvalue weighted by atomic mass is 9.75. The second-order valence-electron chi connectivity index (χ2n) is 22.4. The molecule has 16 aromatic carbocycles. The summed E-state index contributed by atoms with van der Waals surface area (Å²) >= 11 is 3.47. The third kappa shape index (κ3) is 13.2. The number of hydrogen-bond acceptors (Lipinski definition) is 4. The summed E-state index contributed by atoms with van der Waals surface area (Å²) in [7, 11) is -1.44. The van der Waals surface area contributed by atoms with Crippen LogP contribution >= 0.6 is 15.9 Å². The van der Waals surface area contributed by atoms with E-state index in [1.54, 1.807) is 6.07 Å². The molecule has 0 saturated heterocycles. The van der Waals surface area contributed by atoms with Crippen molar-refractivity contribution in [1.82, 2.24) is 0 Å². The largest absolute Gasteiger partial charge is 1.00 e. The second-order valence-corrected chi connectivity index (χ2v) is 23.3. The van der Waals surface area contributed by atoms with E-state index < -0.39 is 7.12 Å². The summed E-state index contributed by atoms with van der Waals surface area (Å²) in [5.41, 5.74) is 14.6. The molecule has 0 atom stereocenters. The van der Waals surface area contributed by atoms with Gasteiger partial charge < -0.3 is 43.8 Å². The fourth-order valence-electron chi connectivity index (χ4n) is 12.4. The highest BCUT2D eigenvalue weighted by atomic mass is 127. The Kier molecular flexibility index (Phi) is 19.1. The van der Waals surface area contributed by atoms with Crippen molar-refractivity contribution in [2.24, 2.45) is 0 Å². The summed E-state index contributed by atoms with van der Waals surface area (Å²) in [5.74, 6) is 0. The predicted molar refractivity (Wildman–Crippen MR) is 397 cm³/mol. The molecule has 0 unspecified atom stereocenters. The molecule has 4 nitrogen and oxygen atoms in total. The lowest BCUT2D eigenvalue weighted by Crippen LogP contribution is -3.00. The van der Waals surface area contributed by atoms with Crippen LogP contribution in [-0.2, 0) is 0 Å². The first kappa shape index (κ1) is 62.1. The van der Waals surface area contributed by atoms with Crippen LogP contribution in [0.1, 0.15) is 29.7 Å². The van der Waals surface area contributed by atoms with E-state index in [0.29, 0.717) is 5.46 Å². The molecule has 7 heteroatoms. The minimum atomic E-state index is -1.44. The Morgan fingerprint density at radius 2 is 0.565 bits per heavy atom. The monoisotopic (exact) mass is 1360 g/mol. The SMILES string of the molecule is Brc1ccc(/C=C/c2ccc(N(c3ccccc3)c3ccccc3)cc2)cc1.C.C(=C\c1ccc(N(c2ccccc2)c2ccccc2)cc1)/c1ccc(-c2ccc3ccc4cccc5ccc2c3c45)cc1.OB(O)c1ccc2ccc3cccc4ccc1c2c34.[I-]. The van der Waals surface area contributed by atoms with Crippen molar-refractivity contribution in [3.05, 3.63) is 354 Å². The fraction of sp³-hybridized carbons (Fsp3) is 0.0118. The van der Waals surface area contributed by atoms with Gasteiger partial charge in [0.25, 0.3) is 0 Å². The van der Waals surface area contributed by atoms with Crippen molar-refractivity contribution in [1.29, 1.82) is 0 Å². The van der Waals surface area contributed by atoms with Crippen molar-refractivity contribution in [2.45, 2.75) is 7.43 Å². The number of nitrogens with zero attached hydrogens (tertiary/aromatic N) is 2. The molecule has 0 spiro atoms. The highest BCUT2D eigenvalue weighted by molar-refractivity contribution is 9.10. The molecule has 0 aliphatic carbocycles. The summed E-state index contributed by atoms with van der Waals surface area (Å²) in [5, 5.41) is 33.7. The van der Waals surface area contributed by atoms with Crippen molar-refractivity contribution >= 4 is 152 Å². The van der Waals surface area contributed by atoms with E-state index in [1.807, 2.05) is 36.4 Å². The highest BCUT2D eigenvalue weighted by Gasteiger charge is 2.19. The zero-order chi connectivity index (χ0) is 60.8. The first-order valence-electron chi connectivity index (χ1n) is 30.3. The summed E-state index contributed by atoms with van der Waals surface area (Å²) < 4.78 is 1.09. The van der Waals surface area contributed by atoms with Gasteiger partial charge in [0.1, 0.15) is 0 Å². The van der Waals surface area contributed by atoms with Gasteiger partial charge in [-0.1, -0.05) is 290 Å². The van der Waals surface area contributed by atoms with Crippen LogP contribution in [0.3, 0.4) is 0 Å². The molecule has 0 amide bonds. The summed E-state index contributed by atoms with van der Waals surface area (Å²) in [6.07, 6.45) is 8.65. The molecule has 16 rings (SSSR count). The van der Waals surface area contributed by atoms with Crippen LogP contribution in [0.2, 0.25) is 0 Å². The van der Waals surface area contributed by atoms with Crippen molar-refractivity contribution in [3.63, 3.8) is 0 Å². The smallest absolute Gasteiger partial charge is 0.489 e. The van der Waals surface area contributed by atoms with Gasteiger partial charge in [0.2, 0.25) is 0 Å². The van der Waals surface area contributed by atoms with E-state index in [1.165, 1.54) is 81.9 Å². The van der Waals surface area contributed by atoms with Gasteiger partial charge in [-0.05, 0) is 188 Å². The van der Waals surface area contributed by atoms with Gasteiger partial charge in [-0.3, -0.25) is 0 Å².